The Morgan fingerprint density at radius 2 is 1.68 bits per heavy atom. The molecule has 0 amide bonds. The van der Waals surface area contributed by atoms with Crippen molar-refractivity contribution in [2.45, 2.75) is 6.92 Å². The van der Waals surface area contributed by atoms with Crippen LogP contribution in [0.4, 0.5) is 11.4 Å². The van der Waals surface area contributed by atoms with Crippen LogP contribution in [0.1, 0.15) is 5.56 Å². The zero-order valence-corrected chi connectivity index (χ0v) is 12.8. The molecule has 108 valence electrons. The molecule has 0 aliphatic rings. The number of rotatable bonds is 2. The van der Waals surface area contributed by atoms with Gasteiger partial charge in [-0.25, -0.2) is 0 Å². The van der Waals surface area contributed by atoms with Crippen LogP contribution >= 0.6 is 11.6 Å². The van der Waals surface area contributed by atoms with E-state index >= 15 is 0 Å². The summed E-state index contributed by atoms with van der Waals surface area (Å²) >= 11 is 6.32. The highest BCUT2D eigenvalue weighted by Gasteiger charge is 2.11. The number of halogens is 1. The average molecular weight is 308 g/mol. The summed E-state index contributed by atoms with van der Waals surface area (Å²) in [6, 6.07) is 20.1. The van der Waals surface area contributed by atoms with Crippen molar-refractivity contribution in [3.05, 3.63) is 71.2 Å². The minimum atomic E-state index is 0.702. The molecule has 0 unspecified atom stereocenters. The van der Waals surface area contributed by atoms with Crippen LogP contribution in [0.25, 0.3) is 21.9 Å². The van der Waals surface area contributed by atoms with E-state index in [1.807, 2.05) is 55.5 Å². The van der Waals surface area contributed by atoms with E-state index in [0.717, 1.165) is 38.9 Å². The first-order chi connectivity index (χ1) is 10.7. The summed E-state index contributed by atoms with van der Waals surface area (Å²) in [6.45, 7) is 2.02. The lowest BCUT2D eigenvalue weighted by atomic mass is 10.1. The molecule has 22 heavy (non-hydrogen) atoms. The molecule has 4 rings (SSSR count). The molecule has 0 aliphatic carbocycles. The summed E-state index contributed by atoms with van der Waals surface area (Å²) in [4.78, 5) is 0. The van der Waals surface area contributed by atoms with Crippen LogP contribution < -0.4 is 5.32 Å². The maximum Gasteiger partial charge on any atom is 0.158 e. The number of aryl methyl sites for hydroxylation is 1. The van der Waals surface area contributed by atoms with E-state index < -0.39 is 0 Å². The molecule has 1 heterocycles. The van der Waals surface area contributed by atoms with Crippen LogP contribution in [0, 0.1) is 6.92 Å². The van der Waals surface area contributed by atoms with Gasteiger partial charge in [-0.15, -0.1) is 0 Å². The van der Waals surface area contributed by atoms with E-state index in [2.05, 4.69) is 17.4 Å². The van der Waals surface area contributed by atoms with Gasteiger partial charge < -0.3 is 9.73 Å². The van der Waals surface area contributed by atoms with E-state index in [0.29, 0.717) is 5.02 Å². The minimum absolute atomic E-state index is 0.702. The molecule has 2 nitrogen and oxygen atoms in total. The van der Waals surface area contributed by atoms with Crippen molar-refractivity contribution < 1.29 is 4.42 Å². The van der Waals surface area contributed by atoms with Gasteiger partial charge in [-0.3, -0.25) is 0 Å². The monoisotopic (exact) mass is 307 g/mol. The van der Waals surface area contributed by atoms with Gasteiger partial charge in [0.1, 0.15) is 5.58 Å². The quantitative estimate of drug-likeness (QED) is 0.470. The number of benzene rings is 3. The first-order valence-corrected chi connectivity index (χ1v) is 7.53. The number of anilines is 2. The van der Waals surface area contributed by atoms with E-state index in [-0.39, 0.29) is 0 Å². The maximum atomic E-state index is 6.32. The largest absolute Gasteiger partial charge is 0.454 e. The second-order valence-corrected chi connectivity index (χ2v) is 5.80. The number of hydrogen-bond acceptors (Lipinski definition) is 2. The standard InChI is InChI=1S/C19H14ClNO/c1-12-9-10-16(15(20)11-12)21-17-7-4-6-14-13-5-2-3-8-18(13)22-19(14)17/h2-11,21H,1H3. The molecule has 0 saturated carbocycles. The fourth-order valence-corrected chi connectivity index (χ4v) is 2.99. The van der Waals surface area contributed by atoms with Crippen molar-refractivity contribution in [2.75, 3.05) is 5.32 Å². The van der Waals surface area contributed by atoms with Crippen molar-refractivity contribution in [3.8, 4) is 0 Å². The molecule has 3 aromatic carbocycles. The molecule has 0 spiro atoms. The van der Waals surface area contributed by atoms with Crippen LogP contribution in [0.2, 0.25) is 5.02 Å². The predicted molar refractivity (Wildman–Crippen MR) is 93.2 cm³/mol. The van der Waals surface area contributed by atoms with Gasteiger partial charge in [-0.05, 0) is 36.8 Å². The lowest BCUT2D eigenvalue weighted by Crippen LogP contribution is -1.91. The topological polar surface area (TPSA) is 25.2 Å². The Morgan fingerprint density at radius 1 is 0.864 bits per heavy atom. The molecule has 0 atom stereocenters. The Kier molecular flexibility index (Phi) is 3.05. The van der Waals surface area contributed by atoms with E-state index in [1.54, 1.807) is 0 Å². The molecule has 0 bridgehead atoms. The molecular formula is C19H14ClNO. The SMILES string of the molecule is Cc1ccc(Nc2cccc3c2oc2ccccc23)c(Cl)c1. The highest BCUT2D eigenvalue weighted by molar-refractivity contribution is 6.33. The van der Waals surface area contributed by atoms with Crippen LogP contribution in [0.5, 0.6) is 0 Å². The molecule has 0 saturated heterocycles. The number of furan rings is 1. The van der Waals surface area contributed by atoms with Crippen LogP contribution in [0.15, 0.2) is 65.1 Å². The van der Waals surface area contributed by atoms with Gasteiger partial charge in [-0.1, -0.05) is 48.0 Å². The summed E-state index contributed by atoms with van der Waals surface area (Å²) in [7, 11) is 0. The number of nitrogens with one attached hydrogen (secondary N) is 1. The molecule has 0 aliphatic heterocycles. The first kappa shape index (κ1) is 13.2. The number of fused-ring (bicyclic) bond motifs is 3. The zero-order valence-electron chi connectivity index (χ0n) is 12.1. The molecule has 0 fully saturated rings. The predicted octanol–water partition coefficient (Wildman–Crippen LogP) is 6.29. The smallest absolute Gasteiger partial charge is 0.158 e. The lowest BCUT2D eigenvalue weighted by molar-refractivity contribution is 0.670. The van der Waals surface area contributed by atoms with Crippen molar-refractivity contribution in [1.82, 2.24) is 0 Å². The highest BCUT2D eigenvalue weighted by atomic mass is 35.5. The highest BCUT2D eigenvalue weighted by Crippen LogP contribution is 2.35. The first-order valence-electron chi connectivity index (χ1n) is 7.16. The van der Waals surface area contributed by atoms with Crippen LogP contribution in [0.3, 0.4) is 0 Å². The molecule has 4 aromatic rings. The van der Waals surface area contributed by atoms with E-state index in [1.165, 1.54) is 0 Å². The average Bonchev–Trinajstić information content (AvgIpc) is 2.90. The normalized spacial score (nSPS) is 11.2. The molecular weight excluding hydrogens is 294 g/mol. The molecule has 1 N–H and O–H groups in total. The van der Waals surface area contributed by atoms with Crippen LogP contribution in [-0.4, -0.2) is 0 Å². The van der Waals surface area contributed by atoms with Gasteiger partial charge in [-0.2, -0.15) is 0 Å². The summed E-state index contributed by atoms with van der Waals surface area (Å²) in [6.07, 6.45) is 0. The summed E-state index contributed by atoms with van der Waals surface area (Å²) in [5.74, 6) is 0. The van der Waals surface area contributed by atoms with Gasteiger partial charge in [0.2, 0.25) is 0 Å². The molecule has 3 heteroatoms. The van der Waals surface area contributed by atoms with E-state index in [9.17, 15) is 0 Å². The Labute approximate surface area is 133 Å². The molecule has 0 radical (unpaired) electrons. The molecule has 1 aromatic heterocycles. The van der Waals surface area contributed by atoms with E-state index in [4.69, 9.17) is 16.0 Å². The second kappa shape index (κ2) is 5.08. The summed E-state index contributed by atoms with van der Waals surface area (Å²) < 4.78 is 6.01. The number of hydrogen-bond donors (Lipinski definition) is 1. The Morgan fingerprint density at radius 3 is 2.55 bits per heavy atom. The number of para-hydroxylation sites is 2. The van der Waals surface area contributed by atoms with Crippen molar-refractivity contribution in [2.24, 2.45) is 0 Å². The van der Waals surface area contributed by atoms with Crippen LogP contribution in [-0.2, 0) is 0 Å². The van der Waals surface area contributed by atoms with Gasteiger partial charge >= 0.3 is 0 Å². The Hall–Kier alpha value is -2.45. The summed E-state index contributed by atoms with van der Waals surface area (Å²) in [5.41, 5.74) is 4.67. The maximum absolute atomic E-state index is 6.32. The third-order valence-electron chi connectivity index (χ3n) is 3.80. The fourth-order valence-electron chi connectivity index (χ4n) is 2.71. The van der Waals surface area contributed by atoms with Crippen molar-refractivity contribution in [3.63, 3.8) is 0 Å². The van der Waals surface area contributed by atoms with Gasteiger partial charge in [0, 0.05) is 10.8 Å². The minimum Gasteiger partial charge on any atom is -0.454 e. The van der Waals surface area contributed by atoms with Gasteiger partial charge in [0.25, 0.3) is 0 Å². The van der Waals surface area contributed by atoms with Gasteiger partial charge in [0.15, 0.2) is 5.58 Å². The van der Waals surface area contributed by atoms with Crippen molar-refractivity contribution in [1.29, 1.82) is 0 Å². The zero-order chi connectivity index (χ0) is 15.1. The lowest BCUT2D eigenvalue weighted by Gasteiger charge is -2.09. The third-order valence-corrected chi connectivity index (χ3v) is 4.11. The Bertz CT molecular complexity index is 987. The Balaban J connectivity index is 1.88. The van der Waals surface area contributed by atoms with Gasteiger partial charge in [0.05, 0.1) is 16.4 Å². The third kappa shape index (κ3) is 2.13. The fraction of sp³-hybridized carbons (Fsp3) is 0.0526. The summed E-state index contributed by atoms with van der Waals surface area (Å²) in [5, 5.41) is 6.30. The van der Waals surface area contributed by atoms with Crippen molar-refractivity contribution >= 4 is 44.9 Å². The second-order valence-electron chi connectivity index (χ2n) is 5.39.